The molecule has 1 heterocycles. The highest BCUT2D eigenvalue weighted by Crippen LogP contribution is 2.54. The van der Waals surface area contributed by atoms with Crippen molar-refractivity contribution < 1.29 is 40.6 Å². The number of allylic oxidation sites excluding steroid dienone is 1. The molecular weight excluding hydrogens is 397 g/mol. The molecule has 1 aromatic rings. The summed E-state index contributed by atoms with van der Waals surface area (Å²) in [4.78, 5) is 12.6. The number of carbonyl (C=O) groups excluding carboxylic acids is 1. The summed E-state index contributed by atoms with van der Waals surface area (Å²) in [6, 6.07) is 6.36. The number of aliphatic hydroxyl groups is 1. The van der Waals surface area contributed by atoms with Crippen molar-refractivity contribution >= 4 is 5.91 Å². The fourth-order valence-corrected chi connectivity index (χ4v) is 2.44. The van der Waals surface area contributed by atoms with Crippen molar-refractivity contribution in [2.24, 2.45) is 5.41 Å². The van der Waals surface area contributed by atoms with E-state index in [4.69, 9.17) is 0 Å². The largest absolute Gasteiger partial charge is 0.460 e. The van der Waals surface area contributed by atoms with E-state index in [-0.39, 0.29) is 22.3 Å². The van der Waals surface area contributed by atoms with Crippen molar-refractivity contribution in [3.05, 3.63) is 47.7 Å². The number of alkyl halides is 7. The molecule has 11 heteroatoms. The zero-order chi connectivity index (χ0) is 21.8. The fraction of sp³-hybridized carbons (Fsp3) is 0.471. The standard InChI is InChI=1S/C17H17F7N2O2/c1-13(2,3)11-9-14(28,15(18,19)16(20,21)17(22,23)24)26(25-11)12(27)10-7-5-4-6-8-10/h4-9,25,28H,1-3H3. The van der Waals surface area contributed by atoms with E-state index in [9.17, 15) is 40.6 Å². The quantitative estimate of drug-likeness (QED) is 0.733. The van der Waals surface area contributed by atoms with Gasteiger partial charge in [0.2, 0.25) is 0 Å². The molecule has 1 aromatic carbocycles. The second-order valence-electron chi connectivity index (χ2n) is 7.30. The third kappa shape index (κ3) is 3.21. The fourth-order valence-electron chi connectivity index (χ4n) is 2.44. The molecule has 0 saturated carbocycles. The molecule has 0 aliphatic carbocycles. The first kappa shape index (κ1) is 22.0. The van der Waals surface area contributed by atoms with E-state index in [0.29, 0.717) is 0 Å². The second-order valence-corrected chi connectivity index (χ2v) is 7.30. The lowest BCUT2D eigenvalue weighted by molar-refractivity contribution is -0.394. The Hall–Kier alpha value is -2.30. The van der Waals surface area contributed by atoms with Crippen LogP contribution in [0.25, 0.3) is 0 Å². The normalized spacial score (nSPS) is 21.4. The van der Waals surface area contributed by atoms with Gasteiger partial charge in [0.1, 0.15) is 0 Å². The third-order valence-corrected chi connectivity index (χ3v) is 4.16. The predicted octanol–water partition coefficient (Wildman–Crippen LogP) is 4.10. The Morgan fingerprint density at radius 3 is 1.93 bits per heavy atom. The summed E-state index contributed by atoms with van der Waals surface area (Å²) in [6.07, 6.45) is -6.56. The van der Waals surface area contributed by atoms with Crippen LogP contribution in [0.1, 0.15) is 31.1 Å². The van der Waals surface area contributed by atoms with E-state index in [1.807, 2.05) is 0 Å². The van der Waals surface area contributed by atoms with Crippen LogP contribution in [-0.4, -0.2) is 39.8 Å². The average Bonchev–Trinajstić information content (AvgIpc) is 2.93. The van der Waals surface area contributed by atoms with Crippen molar-refractivity contribution in [3.63, 3.8) is 0 Å². The zero-order valence-electron chi connectivity index (χ0n) is 14.9. The minimum atomic E-state index is -6.67. The molecule has 0 fully saturated rings. The Bertz CT molecular complexity index is 785. The highest BCUT2D eigenvalue weighted by molar-refractivity contribution is 5.95. The van der Waals surface area contributed by atoms with Crippen LogP contribution in [0.4, 0.5) is 30.7 Å². The Balaban J connectivity index is 2.65. The van der Waals surface area contributed by atoms with Gasteiger partial charge in [0.05, 0.1) is 0 Å². The van der Waals surface area contributed by atoms with Gasteiger partial charge in [0.15, 0.2) is 0 Å². The lowest BCUT2D eigenvalue weighted by Gasteiger charge is -2.41. The van der Waals surface area contributed by atoms with Gasteiger partial charge in [-0.3, -0.25) is 10.2 Å². The number of halogens is 7. The van der Waals surface area contributed by atoms with Crippen LogP contribution in [0.15, 0.2) is 42.1 Å². The molecule has 28 heavy (non-hydrogen) atoms. The van der Waals surface area contributed by atoms with Crippen LogP contribution in [0, 0.1) is 5.41 Å². The molecule has 0 bridgehead atoms. The van der Waals surface area contributed by atoms with Gasteiger partial charge in [0, 0.05) is 16.7 Å². The number of hydrogen-bond acceptors (Lipinski definition) is 3. The maximum absolute atomic E-state index is 14.5. The molecule has 2 N–H and O–H groups in total. The van der Waals surface area contributed by atoms with E-state index in [2.05, 4.69) is 5.43 Å². The average molecular weight is 414 g/mol. The predicted molar refractivity (Wildman–Crippen MR) is 84.2 cm³/mol. The highest BCUT2D eigenvalue weighted by atomic mass is 19.4. The molecule has 156 valence electrons. The van der Waals surface area contributed by atoms with Gasteiger partial charge >= 0.3 is 18.0 Å². The number of rotatable bonds is 3. The molecule has 1 aliphatic rings. The lowest BCUT2D eigenvalue weighted by atomic mass is 9.89. The lowest BCUT2D eigenvalue weighted by Crippen LogP contribution is -2.70. The summed E-state index contributed by atoms with van der Waals surface area (Å²) in [5, 5.41) is 10.1. The molecule has 0 spiro atoms. The number of hydrazine groups is 1. The van der Waals surface area contributed by atoms with E-state index >= 15 is 0 Å². The monoisotopic (exact) mass is 414 g/mol. The molecule has 2 rings (SSSR count). The molecule has 1 aliphatic heterocycles. The van der Waals surface area contributed by atoms with Crippen LogP contribution in [0.5, 0.6) is 0 Å². The molecule has 1 unspecified atom stereocenters. The van der Waals surface area contributed by atoms with Gasteiger partial charge in [-0.1, -0.05) is 39.0 Å². The molecule has 1 atom stereocenters. The summed E-state index contributed by atoms with van der Waals surface area (Å²) in [7, 11) is 0. The zero-order valence-corrected chi connectivity index (χ0v) is 14.9. The van der Waals surface area contributed by atoms with E-state index in [1.54, 1.807) is 0 Å². The van der Waals surface area contributed by atoms with Crippen LogP contribution < -0.4 is 5.43 Å². The smallest absolute Gasteiger partial charge is 0.361 e. The van der Waals surface area contributed by atoms with Gasteiger partial charge in [-0.05, 0) is 18.2 Å². The van der Waals surface area contributed by atoms with E-state index in [1.165, 1.54) is 39.0 Å². The summed E-state index contributed by atoms with van der Waals surface area (Å²) in [5.74, 6) is -14.2. The number of nitrogens with one attached hydrogen (secondary N) is 1. The molecule has 1 amide bonds. The summed E-state index contributed by atoms with van der Waals surface area (Å²) in [6.45, 7) is 4.26. The second kappa shape index (κ2) is 6.36. The topological polar surface area (TPSA) is 52.6 Å². The van der Waals surface area contributed by atoms with Gasteiger partial charge < -0.3 is 5.11 Å². The van der Waals surface area contributed by atoms with Gasteiger partial charge in [-0.25, -0.2) is 5.01 Å². The summed E-state index contributed by atoms with van der Waals surface area (Å²) < 4.78 is 94.2. The van der Waals surface area contributed by atoms with Crippen molar-refractivity contribution in [1.82, 2.24) is 10.4 Å². The van der Waals surface area contributed by atoms with Crippen LogP contribution in [0.3, 0.4) is 0 Å². The Kier molecular flexibility index (Phi) is 5.00. The van der Waals surface area contributed by atoms with Crippen LogP contribution in [-0.2, 0) is 0 Å². The molecule has 4 nitrogen and oxygen atoms in total. The van der Waals surface area contributed by atoms with Crippen LogP contribution in [0.2, 0.25) is 0 Å². The first-order valence-corrected chi connectivity index (χ1v) is 7.91. The van der Waals surface area contributed by atoms with Gasteiger partial charge in [-0.2, -0.15) is 30.7 Å². The summed E-state index contributed by atoms with van der Waals surface area (Å²) >= 11 is 0. The maximum atomic E-state index is 14.5. The van der Waals surface area contributed by atoms with Crippen LogP contribution >= 0.6 is 0 Å². The number of amides is 1. The van der Waals surface area contributed by atoms with E-state index in [0.717, 1.165) is 12.1 Å². The summed E-state index contributed by atoms with van der Waals surface area (Å²) in [5.41, 5.74) is -3.97. The highest BCUT2D eigenvalue weighted by Gasteiger charge is 2.82. The SMILES string of the molecule is CC(C)(C)C1=CC(O)(C(F)(F)C(F)(F)C(F)(F)F)N(C(=O)c2ccccc2)N1. The van der Waals surface area contributed by atoms with Crippen molar-refractivity contribution in [3.8, 4) is 0 Å². The Morgan fingerprint density at radius 2 is 1.50 bits per heavy atom. The van der Waals surface area contributed by atoms with Gasteiger partial charge in [0.25, 0.3) is 11.6 Å². The molecule has 0 saturated heterocycles. The molecule has 0 aromatic heterocycles. The van der Waals surface area contributed by atoms with E-state index < -0.39 is 35.1 Å². The molecule has 0 radical (unpaired) electrons. The van der Waals surface area contributed by atoms with Crippen molar-refractivity contribution in [2.45, 2.75) is 44.5 Å². The first-order valence-electron chi connectivity index (χ1n) is 7.91. The number of carbonyl (C=O) groups is 1. The van der Waals surface area contributed by atoms with Crippen molar-refractivity contribution in [1.29, 1.82) is 0 Å². The molecular formula is C17H17F7N2O2. The third-order valence-electron chi connectivity index (χ3n) is 4.16. The number of benzene rings is 1. The Morgan fingerprint density at radius 1 is 1.00 bits per heavy atom. The first-order chi connectivity index (χ1) is 12.5. The van der Waals surface area contributed by atoms with Gasteiger partial charge in [-0.15, -0.1) is 0 Å². The minimum absolute atomic E-state index is 0.119. The maximum Gasteiger partial charge on any atom is 0.460 e. The van der Waals surface area contributed by atoms with Crippen molar-refractivity contribution in [2.75, 3.05) is 0 Å². The minimum Gasteiger partial charge on any atom is -0.361 e. The Labute approximate surface area is 155 Å². The number of nitrogens with zero attached hydrogens (tertiary/aromatic N) is 1. The number of hydrogen-bond donors (Lipinski definition) is 2.